The van der Waals surface area contributed by atoms with E-state index in [4.69, 9.17) is 9.84 Å². The standard InChI is InChI=1S/C14H9BrI2O3/c15-10-4-2-1-3-8(10)7-20-13-11(16)5-9(14(18)19)6-12(13)17/h1-6H,7H2,(H,18,19). The first kappa shape index (κ1) is 16.0. The van der Waals surface area contributed by atoms with Crippen molar-refractivity contribution < 1.29 is 14.6 Å². The molecule has 2 aromatic carbocycles. The molecule has 0 aliphatic rings. The van der Waals surface area contributed by atoms with E-state index in [1.54, 1.807) is 12.1 Å². The zero-order chi connectivity index (χ0) is 14.7. The number of hydrogen-bond donors (Lipinski definition) is 1. The number of carboxylic acid groups (broad SMARTS) is 1. The molecule has 0 fully saturated rings. The van der Waals surface area contributed by atoms with Crippen molar-refractivity contribution in [2.45, 2.75) is 6.61 Å². The molecule has 0 aromatic heterocycles. The monoisotopic (exact) mass is 558 g/mol. The summed E-state index contributed by atoms with van der Waals surface area (Å²) in [5, 5.41) is 9.02. The molecule has 0 unspecified atom stereocenters. The number of hydrogen-bond acceptors (Lipinski definition) is 2. The van der Waals surface area contributed by atoms with Crippen LogP contribution in [-0.2, 0) is 6.61 Å². The summed E-state index contributed by atoms with van der Waals surface area (Å²) in [5.74, 6) is -0.217. The Labute approximate surface area is 152 Å². The molecule has 0 spiro atoms. The summed E-state index contributed by atoms with van der Waals surface area (Å²) in [7, 11) is 0. The maximum Gasteiger partial charge on any atom is 0.335 e. The zero-order valence-corrected chi connectivity index (χ0v) is 16.0. The predicted molar refractivity (Wildman–Crippen MR) is 97.3 cm³/mol. The van der Waals surface area contributed by atoms with Crippen molar-refractivity contribution in [3.63, 3.8) is 0 Å². The molecule has 0 aliphatic carbocycles. The fourth-order valence-corrected chi connectivity index (χ4v) is 4.07. The van der Waals surface area contributed by atoms with Gasteiger partial charge in [0.25, 0.3) is 0 Å². The van der Waals surface area contributed by atoms with E-state index in [0.29, 0.717) is 12.4 Å². The lowest BCUT2D eigenvalue weighted by Crippen LogP contribution is -2.03. The minimum atomic E-state index is -0.932. The SMILES string of the molecule is O=C(O)c1cc(I)c(OCc2ccccc2Br)c(I)c1. The summed E-state index contributed by atoms with van der Waals surface area (Å²) < 4.78 is 8.41. The summed E-state index contributed by atoms with van der Waals surface area (Å²) in [4.78, 5) is 11.0. The van der Waals surface area contributed by atoms with Gasteiger partial charge in [-0.25, -0.2) is 4.79 Å². The highest BCUT2D eigenvalue weighted by Crippen LogP contribution is 2.30. The van der Waals surface area contributed by atoms with Crippen molar-refractivity contribution >= 4 is 67.1 Å². The van der Waals surface area contributed by atoms with E-state index in [1.807, 2.05) is 24.3 Å². The van der Waals surface area contributed by atoms with Crippen molar-refractivity contribution in [1.29, 1.82) is 0 Å². The van der Waals surface area contributed by atoms with Crippen LogP contribution < -0.4 is 4.74 Å². The van der Waals surface area contributed by atoms with Gasteiger partial charge in [0.2, 0.25) is 0 Å². The fourth-order valence-electron chi connectivity index (χ4n) is 1.59. The summed E-state index contributed by atoms with van der Waals surface area (Å²) in [6, 6.07) is 11.1. The molecule has 0 atom stereocenters. The Bertz CT molecular complexity index is 636. The highest BCUT2D eigenvalue weighted by atomic mass is 127. The Morgan fingerprint density at radius 3 is 2.35 bits per heavy atom. The number of ether oxygens (including phenoxy) is 1. The smallest absolute Gasteiger partial charge is 0.335 e. The van der Waals surface area contributed by atoms with Crippen LogP contribution in [0.2, 0.25) is 0 Å². The highest BCUT2D eigenvalue weighted by Gasteiger charge is 2.13. The largest absolute Gasteiger partial charge is 0.487 e. The average molecular weight is 559 g/mol. The summed E-state index contributed by atoms with van der Waals surface area (Å²) in [6.45, 7) is 0.430. The van der Waals surface area contributed by atoms with Gasteiger partial charge in [-0.15, -0.1) is 0 Å². The maximum atomic E-state index is 11.0. The van der Waals surface area contributed by atoms with Crippen LogP contribution in [0.1, 0.15) is 15.9 Å². The summed E-state index contributed by atoms with van der Waals surface area (Å²) >= 11 is 7.66. The van der Waals surface area contributed by atoms with Gasteiger partial charge >= 0.3 is 5.97 Å². The van der Waals surface area contributed by atoms with Crippen LogP contribution in [0.4, 0.5) is 0 Å². The van der Waals surface area contributed by atoms with Crippen LogP contribution in [0.25, 0.3) is 0 Å². The van der Waals surface area contributed by atoms with Crippen molar-refractivity contribution in [1.82, 2.24) is 0 Å². The van der Waals surface area contributed by atoms with Gasteiger partial charge in [0, 0.05) is 10.0 Å². The van der Waals surface area contributed by atoms with Gasteiger partial charge in [-0.2, -0.15) is 0 Å². The van der Waals surface area contributed by atoms with Crippen molar-refractivity contribution in [2.75, 3.05) is 0 Å². The lowest BCUT2D eigenvalue weighted by Gasteiger charge is -2.12. The minimum Gasteiger partial charge on any atom is -0.487 e. The van der Waals surface area contributed by atoms with Crippen LogP contribution in [0.3, 0.4) is 0 Å². The minimum absolute atomic E-state index is 0.270. The van der Waals surface area contributed by atoms with Crippen molar-refractivity contribution in [3.8, 4) is 5.75 Å². The van der Waals surface area contributed by atoms with E-state index in [0.717, 1.165) is 17.2 Å². The molecule has 0 bridgehead atoms. The first-order valence-corrected chi connectivity index (χ1v) is 8.52. The molecule has 0 aliphatic heterocycles. The second-order valence-corrected chi connectivity index (χ2v) is 7.13. The Hall–Kier alpha value is -0.350. The maximum absolute atomic E-state index is 11.0. The van der Waals surface area contributed by atoms with Crippen LogP contribution in [0.15, 0.2) is 40.9 Å². The second kappa shape index (κ2) is 7.08. The van der Waals surface area contributed by atoms with E-state index in [2.05, 4.69) is 61.1 Å². The topological polar surface area (TPSA) is 46.5 Å². The summed E-state index contributed by atoms with van der Waals surface area (Å²) in [6.07, 6.45) is 0. The molecule has 0 amide bonds. The number of carbonyl (C=O) groups is 1. The number of aromatic carboxylic acids is 1. The van der Waals surface area contributed by atoms with E-state index >= 15 is 0 Å². The molecule has 20 heavy (non-hydrogen) atoms. The van der Waals surface area contributed by atoms with Crippen LogP contribution in [0, 0.1) is 7.14 Å². The molecule has 2 aromatic rings. The molecular weight excluding hydrogens is 550 g/mol. The first-order valence-electron chi connectivity index (χ1n) is 5.57. The predicted octanol–water partition coefficient (Wildman–Crippen LogP) is 4.94. The molecule has 104 valence electrons. The van der Waals surface area contributed by atoms with Crippen molar-refractivity contribution in [2.24, 2.45) is 0 Å². The number of halogens is 3. The lowest BCUT2D eigenvalue weighted by molar-refractivity contribution is 0.0696. The number of carboxylic acids is 1. The van der Waals surface area contributed by atoms with Crippen LogP contribution >= 0.6 is 61.1 Å². The van der Waals surface area contributed by atoms with Gasteiger partial charge < -0.3 is 9.84 Å². The van der Waals surface area contributed by atoms with Gasteiger partial charge in [-0.1, -0.05) is 34.1 Å². The molecule has 1 N–H and O–H groups in total. The molecule has 0 saturated heterocycles. The first-order chi connectivity index (χ1) is 9.49. The third-order valence-electron chi connectivity index (χ3n) is 2.58. The van der Waals surface area contributed by atoms with E-state index in [-0.39, 0.29) is 5.56 Å². The Kier molecular flexibility index (Phi) is 5.67. The quantitative estimate of drug-likeness (QED) is 0.541. The van der Waals surface area contributed by atoms with E-state index in [9.17, 15) is 4.79 Å². The molecule has 2 rings (SSSR count). The van der Waals surface area contributed by atoms with Crippen LogP contribution in [0.5, 0.6) is 5.75 Å². The molecule has 0 radical (unpaired) electrons. The van der Waals surface area contributed by atoms with E-state index < -0.39 is 5.97 Å². The van der Waals surface area contributed by atoms with Gasteiger partial charge in [-0.05, 0) is 63.4 Å². The average Bonchev–Trinajstić information content (AvgIpc) is 2.39. The molecule has 0 heterocycles. The molecular formula is C14H9BrI2O3. The van der Waals surface area contributed by atoms with E-state index in [1.165, 1.54) is 0 Å². The zero-order valence-electron chi connectivity index (χ0n) is 10.1. The number of benzene rings is 2. The molecule has 3 nitrogen and oxygen atoms in total. The lowest BCUT2D eigenvalue weighted by atomic mass is 10.2. The third-order valence-corrected chi connectivity index (χ3v) is 4.95. The molecule has 6 heteroatoms. The van der Waals surface area contributed by atoms with Gasteiger partial charge in [0.1, 0.15) is 12.4 Å². The van der Waals surface area contributed by atoms with Gasteiger partial charge in [0.15, 0.2) is 0 Å². The van der Waals surface area contributed by atoms with Gasteiger partial charge in [-0.3, -0.25) is 0 Å². The molecule has 0 saturated carbocycles. The Balaban J connectivity index is 2.22. The Morgan fingerprint density at radius 2 is 1.80 bits per heavy atom. The van der Waals surface area contributed by atoms with Crippen LogP contribution in [-0.4, -0.2) is 11.1 Å². The summed E-state index contributed by atoms with van der Waals surface area (Å²) in [5.41, 5.74) is 1.31. The Morgan fingerprint density at radius 1 is 1.20 bits per heavy atom. The van der Waals surface area contributed by atoms with Gasteiger partial charge in [0.05, 0.1) is 12.7 Å². The third kappa shape index (κ3) is 3.85. The normalized spacial score (nSPS) is 10.3. The number of rotatable bonds is 4. The fraction of sp³-hybridized carbons (Fsp3) is 0.0714. The van der Waals surface area contributed by atoms with Crippen molar-refractivity contribution in [3.05, 3.63) is 59.1 Å². The second-order valence-electron chi connectivity index (χ2n) is 3.95. The highest BCUT2D eigenvalue weighted by molar-refractivity contribution is 14.1.